The van der Waals surface area contributed by atoms with Crippen molar-refractivity contribution in [2.45, 2.75) is 13.8 Å². The largest absolute Gasteiger partial charge is 0.219 e. The third-order valence-electron chi connectivity index (χ3n) is 1.53. The maximum Gasteiger partial charge on any atom is 0.159 e. The molecule has 0 atom stereocenters. The Kier molecular flexibility index (Phi) is 1.15. The Hall–Kier alpha value is -1.45. The lowest BCUT2D eigenvalue weighted by Gasteiger charge is -1.97. The summed E-state index contributed by atoms with van der Waals surface area (Å²) in [7, 11) is 0. The van der Waals surface area contributed by atoms with E-state index in [2.05, 4.69) is 15.1 Å². The van der Waals surface area contributed by atoms with Crippen molar-refractivity contribution in [2.75, 3.05) is 0 Å². The van der Waals surface area contributed by atoms with Crippen LogP contribution in [0.3, 0.4) is 0 Å². The molecule has 0 aromatic carbocycles. The molecule has 0 bridgehead atoms. The van der Waals surface area contributed by atoms with Crippen LogP contribution in [0.1, 0.15) is 11.6 Å². The van der Waals surface area contributed by atoms with E-state index >= 15 is 0 Å². The van der Waals surface area contributed by atoms with Gasteiger partial charge in [0.2, 0.25) is 0 Å². The zero-order valence-corrected chi connectivity index (χ0v) is 6.44. The van der Waals surface area contributed by atoms with Crippen LogP contribution in [0.2, 0.25) is 0 Å². The molecule has 0 aliphatic rings. The summed E-state index contributed by atoms with van der Waals surface area (Å²) in [6.45, 7) is 3.79. The fraction of sp³-hybridized carbons (Fsp3) is 0.286. The fourth-order valence-corrected chi connectivity index (χ4v) is 1.10. The number of aromatic nitrogens is 4. The molecule has 0 spiro atoms. The smallest absolute Gasteiger partial charge is 0.159 e. The summed E-state index contributed by atoms with van der Waals surface area (Å²) < 4.78 is 1.72. The molecule has 2 aromatic rings. The SMILES string of the molecule is Cc1nc(C)n2nccc2n1. The Bertz CT molecular complexity index is 390. The van der Waals surface area contributed by atoms with Gasteiger partial charge < -0.3 is 0 Å². The summed E-state index contributed by atoms with van der Waals surface area (Å²) in [4.78, 5) is 8.35. The van der Waals surface area contributed by atoms with Crippen molar-refractivity contribution in [1.29, 1.82) is 0 Å². The first-order valence-corrected chi connectivity index (χ1v) is 3.42. The van der Waals surface area contributed by atoms with Crippen LogP contribution in [0.5, 0.6) is 0 Å². The summed E-state index contributed by atoms with van der Waals surface area (Å²) in [5, 5.41) is 4.05. The maximum atomic E-state index is 4.19. The monoisotopic (exact) mass is 148 g/mol. The van der Waals surface area contributed by atoms with Gasteiger partial charge in [0.1, 0.15) is 11.6 Å². The number of aryl methyl sites for hydroxylation is 2. The molecular weight excluding hydrogens is 140 g/mol. The van der Waals surface area contributed by atoms with Gasteiger partial charge >= 0.3 is 0 Å². The second-order valence-corrected chi connectivity index (χ2v) is 2.42. The fourth-order valence-electron chi connectivity index (χ4n) is 1.10. The quantitative estimate of drug-likeness (QED) is 0.553. The van der Waals surface area contributed by atoms with E-state index in [0.29, 0.717) is 0 Å². The molecule has 2 aromatic heterocycles. The normalized spacial score (nSPS) is 10.7. The van der Waals surface area contributed by atoms with Gasteiger partial charge in [-0.2, -0.15) is 5.10 Å². The Balaban J connectivity index is 2.91. The molecule has 11 heavy (non-hydrogen) atoms. The first-order valence-electron chi connectivity index (χ1n) is 3.42. The number of hydrogen-bond donors (Lipinski definition) is 0. The number of fused-ring (bicyclic) bond motifs is 1. The lowest BCUT2D eigenvalue weighted by molar-refractivity contribution is 0.818. The molecule has 2 heterocycles. The Morgan fingerprint density at radius 2 is 2.09 bits per heavy atom. The van der Waals surface area contributed by atoms with E-state index in [1.807, 2.05) is 19.9 Å². The summed E-state index contributed by atoms with van der Waals surface area (Å²) in [6.07, 6.45) is 1.72. The molecule has 56 valence electrons. The van der Waals surface area contributed by atoms with E-state index in [-0.39, 0.29) is 0 Å². The summed E-state index contributed by atoms with van der Waals surface area (Å²) in [5.74, 6) is 1.66. The number of rotatable bonds is 0. The first kappa shape index (κ1) is 6.27. The highest BCUT2D eigenvalue weighted by atomic mass is 15.3. The van der Waals surface area contributed by atoms with Crippen LogP contribution < -0.4 is 0 Å². The van der Waals surface area contributed by atoms with Gasteiger partial charge in [0, 0.05) is 6.07 Å². The minimum Gasteiger partial charge on any atom is -0.219 e. The van der Waals surface area contributed by atoms with Gasteiger partial charge in [-0.05, 0) is 13.8 Å². The van der Waals surface area contributed by atoms with E-state index in [9.17, 15) is 0 Å². The van der Waals surface area contributed by atoms with E-state index < -0.39 is 0 Å². The molecule has 4 nitrogen and oxygen atoms in total. The maximum absolute atomic E-state index is 4.19. The van der Waals surface area contributed by atoms with Crippen molar-refractivity contribution >= 4 is 5.65 Å². The van der Waals surface area contributed by atoms with Gasteiger partial charge in [-0.15, -0.1) is 0 Å². The van der Waals surface area contributed by atoms with Crippen LogP contribution in [0.25, 0.3) is 5.65 Å². The number of nitrogens with zero attached hydrogens (tertiary/aromatic N) is 4. The van der Waals surface area contributed by atoms with Crippen molar-refractivity contribution in [3.05, 3.63) is 23.9 Å². The average molecular weight is 148 g/mol. The van der Waals surface area contributed by atoms with Gasteiger partial charge in [0.15, 0.2) is 5.65 Å². The standard InChI is InChI=1S/C7H8N4/c1-5-9-6(2)11-7(10-5)3-4-8-11/h3-4H,1-2H3. The van der Waals surface area contributed by atoms with Crippen molar-refractivity contribution in [3.8, 4) is 0 Å². The molecule has 0 radical (unpaired) electrons. The van der Waals surface area contributed by atoms with Gasteiger partial charge in [-0.3, -0.25) is 0 Å². The molecular formula is C7H8N4. The highest BCUT2D eigenvalue weighted by molar-refractivity contribution is 5.35. The zero-order valence-electron chi connectivity index (χ0n) is 6.44. The van der Waals surface area contributed by atoms with Crippen molar-refractivity contribution in [1.82, 2.24) is 19.6 Å². The zero-order chi connectivity index (χ0) is 7.84. The van der Waals surface area contributed by atoms with E-state index in [1.165, 1.54) is 0 Å². The predicted molar refractivity (Wildman–Crippen MR) is 40.3 cm³/mol. The average Bonchev–Trinajstić information content (AvgIpc) is 2.34. The Morgan fingerprint density at radius 3 is 2.91 bits per heavy atom. The second kappa shape index (κ2) is 2.02. The van der Waals surface area contributed by atoms with Gasteiger partial charge in [0.25, 0.3) is 0 Å². The molecule has 2 rings (SSSR count). The minimum absolute atomic E-state index is 0.788. The van der Waals surface area contributed by atoms with Gasteiger partial charge in [0.05, 0.1) is 6.20 Å². The van der Waals surface area contributed by atoms with Crippen LogP contribution in [-0.2, 0) is 0 Å². The van der Waals surface area contributed by atoms with Crippen LogP contribution in [0.4, 0.5) is 0 Å². The molecule has 4 heteroatoms. The van der Waals surface area contributed by atoms with Crippen LogP contribution >= 0.6 is 0 Å². The van der Waals surface area contributed by atoms with Crippen molar-refractivity contribution in [2.24, 2.45) is 0 Å². The molecule has 0 saturated carbocycles. The third kappa shape index (κ3) is 0.869. The molecule has 0 saturated heterocycles. The summed E-state index contributed by atoms with van der Waals surface area (Å²) in [6, 6.07) is 1.86. The lowest BCUT2D eigenvalue weighted by atomic mass is 10.6. The van der Waals surface area contributed by atoms with Crippen molar-refractivity contribution < 1.29 is 0 Å². The Labute approximate surface area is 63.9 Å². The first-order chi connectivity index (χ1) is 5.27. The second-order valence-electron chi connectivity index (χ2n) is 2.42. The highest BCUT2D eigenvalue weighted by Crippen LogP contribution is 2.00. The van der Waals surface area contributed by atoms with Crippen molar-refractivity contribution in [3.63, 3.8) is 0 Å². The minimum atomic E-state index is 0.788. The molecule has 0 fully saturated rings. The molecule has 0 amide bonds. The molecule has 0 aliphatic heterocycles. The Morgan fingerprint density at radius 1 is 1.27 bits per heavy atom. The summed E-state index contributed by atoms with van der Waals surface area (Å²) in [5.41, 5.74) is 0.856. The van der Waals surface area contributed by atoms with Crippen LogP contribution in [0, 0.1) is 13.8 Å². The molecule has 0 unspecified atom stereocenters. The van der Waals surface area contributed by atoms with E-state index in [4.69, 9.17) is 0 Å². The van der Waals surface area contributed by atoms with Crippen LogP contribution in [-0.4, -0.2) is 19.6 Å². The van der Waals surface area contributed by atoms with Gasteiger partial charge in [-0.1, -0.05) is 0 Å². The highest BCUT2D eigenvalue weighted by Gasteiger charge is 1.99. The lowest BCUT2D eigenvalue weighted by Crippen LogP contribution is -2.01. The predicted octanol–water partition coefficient (Wildman–Crippen LogP) is 0.741. The van der Waals surface area contributed by atoms with E-state index in [1.54, 1.807) is 10.7 Å². The number of hydrogen-bond acceptors (Lipinski definition) is 3. The van der Waals surface area contributed by atoms with Crippen LogP contribution in [0.15, 0.2) is 12.3 Å². The summed E-state index contributed by atoms with van der Waals surface area (Å²) >= 11 is 0. The third-order valence-corrected chi connectivity index (χ3v) is 1.53. The molecule has 0 aliphatic carbocycles. The van der Waals surface area contributed by atoms with E-state index in [0.717, 1.165) is 17.3 Å². The molecule has 0 N–H and O–H groups in total. The topological polar surface area (TPSA) is 43.1 Å². The van der Waals surface area contributed by atoms with Gasteiger partial charge in [-0.25, -0.2) is 14.5 Å².